The molecule has 1 aromatic carbocycles. The van der Waals surface area contributed by atoms with Crippen LogP contribution in [0.15, 0.2) is 16.7 Å². The van der Waals surface area contributed by atoms with Gasteiger partial charge in [-0.1, -0.05) is 0 Å². The molecule has 62 valence electrons. The Kier molecular flexibility index (Phi) is 1.61. The van der Waals surface area contributed by atoms with Gasteiger partial charge in [0.1, 0.15) is 17.2 Å². The number of hydrogen-bond donors (Lipinski definition) is 1. The number of rotatable bonds is 0. The van der Waals surface area contributed by atoms with Crippen LogP contribution in [0.2, 0.25) is 0 Å². The number of hydrogen-bond acceptors (Lipinski definition) is 1. The average Bonchev–Trinajstić information content (AvgIpc) is 2.48. The van der Waals surface area contributed by atoms with Crippen molar-refractivity contribution in [1.29, 1.82) is 0 Å². The SMILES string of the molecule is Fc1c(Br)cc(F)c2[nH]ncc12. The Hall–Kier alpha value is -0.970. The van der Waals surface area contributed by atoms with E-state index in [1.54, 1.807) is 0 Å². The van der Waals surface area contributed by atoms with Gasteiger partial charge in [-0.25, -0.2) is 8.78 Å². The fourth-order valence-electron chi connectivity index (χ4n) is 1.01. The average molecular weight is 233 g/mol. The molecule has 5 heteroatoms. The molecule has 0 aliphatic carbocycles. The molecule has 0 radical (unpaired) electrons. The third kappa shape index (κ3) is 0.929. The van der Waals surface area contributed by atoms with Crippen molar-refractivity contribution in [1.82, 2.24) is 10.2 Å². The van der Waals surface area contributed by atoms with E-state index in [1.807, 2.05) is 0 Å². The molecule has 0 saturated heterocycles. The Morgan fingerprint density at radius 3 is 2.92 bits per heavy atom. The highest BCUT2D eigenvalue weighted by Gasteiger charge is 2.11. The van der Waals surface area contributed by atoms with Gasteiger partial charge >= 0.3 is 0 Å². The molecule has 0 spiro atoms. The van der Waals surface area contributed by atoms with Crippen LogP contribution in [0, 0.1) is 11.6 Å². The number of halogens is 3. The first kappa shape index (κ1) is 7.67. The van der Waals surface area contributed by atoms with Crippen LogP contribution in [0.4, 0.5) is 8.78 Å². The van der Waals surface area contributed by atoms with E-state index in [0.29, 0.717) is 0 Å². The summed E-state index contributed by atoms with van der Waals surface area (Å²) in [4.78, 5) is 0. The summed E-state index contributed by atoms with van der Waals surface area (Å²) < 4.78 is 26.2. The second-order valence-electron chi connectivity index (χ2n) is 2.31. The molecule has 0 atom stereocenters. The first-order valence-electron chi connectivity index (χ1n) is 3.16. The maximum atomic E-state index is 13.1. The fourth-order valence-corrected chi connectivity index (χ4v) is 1.42. The van der Waals surface area contributed by atoms with Crippen LogP contribution in [0.25, 0.3) is 10.9 Å². The summed E-state index contributed by atoms with van der Waals surface area (Å²) in [6.07, 6.45) is 1.25. The Balaban J connectivity index is 2.97. The molecule has 0 unspecified atom stereocenters. The summed E-state index contributed by atoms with van der Waals surface area (Å²) >= 11 is 2.90. The van der Waals surface area contributed by atoms with Gasteiger partial charge in [-0.2, -0.15) is 5.10 Å². The van der Waals surface area contributed by atoms with Crippen LogP contribution in [-0.2, 0) is 0 Å². The van der Waals surface area contributed by atoms with E-state index in [9.17, 15) is 8.78 Å². The quantitative estimate of drug-likeness (QED) is 0.696. The zero-order valence-electron chi connectivity index (χ0n) is 5.74. The maximum absolute atomic E-state index is 13.1. The predicted molar refractivity (Wildman–Crippen MR) is 43.7 cm³/mol. The molecule has 0 fully saturated rings. The predicted octanol–water partition coefficient (Wildman–Crippen LogP) is 2.60. The van der Waals surface area contributed by atoms with Crippen molar-refractivity contribution in [2.45, 2.75) is 0 Å². The van der Waals surface area contributed by atoms with Gasteiger partial charge in [-0.05, 0) is 22.0 Å². The van der Waals surface area contributed by atoms with Crippen LogP contribution in [0.1, 0.15) is 0 Å². The van der Waals surface area contributed by atoms with Crippen molar-refractivity contribution < 1.29 is 8.78 Å². The Labute approximate surface area is 74.7 Å². The Morgan fingerprint density at radius 1 is 1.42 bits per heavy atom. The second kappa shape index (κ2) is 2.52. The van der Waals surface area contributed by atoms with E-state index in [1.165, 1.54) is 6.20 Å². The topological polar surface area (TPSA) is 28.7 Å². The summed E-state index contributed by atoms with van der Waals surface area (Å²) in [7, 11) is 0. The molecule has 1 aromatic heterocycles. The van der Waals surface area contributed by atoms with Crippen molar-refractivity contribution in [3.8, 4) is 0 Å². The molecule has 0 amide bonds. The summed E-state index contributed by atoms with van der Waals surface area (Å²) in [5, 5.41) is 6.06. The lowest BCUT2D eigenvalue weighted by atomic mass is 10.2. The minimum absolute atomic E-state index is 0.0932. The van der Waals surface area contributed by atoms with Crippen LogP contribution in [0.5, 0.6) is 0 Å². The minimum atomic E-state index is -0.518. The van der Waals surface area contributed by atoms with Crippen molar-refractivity contribution >= 4 is 26.8 Å². The Bertz CT molecular complexity index is 438. The maximum Gasteiger partial charge on any atom is 0.150 e. The number of H-pyrrole nitrogens is 1. The van der Waals surface area contributed by atoms with Crippen LogP contribution >= 0.6 is 15.9 Å². The van der Waals surface area contributed by atoms with E-state index in [2.05, 4.69) is 26.1 Å². The van der Waals surface area contributed by atoms with E-state index in [0.717, 1.165) is 6.07 Å². The van der Waals surface area contributed by atoms with Gasteiger partial charge in [0.15, 0.2) is 0 Å². The molecule has 0 aliphatic heterocycles. The van der Waals surface area contributed by atoms with E-state index >= 15 is 0 Å². The third-order valence-electron chi connectivity index (χ3n) is 1.58. The Morgan fingerprint density at radius 2 is 2.17 bits per heavy atom. The molecule has 2 aromatic rings. The highest BCUT2D eigenvalue weighted by Crippen LogP contribution is 2.25. The molecule has 0 saturated carbocycles. The standard InChI is InChI=1S/C7H3BrF2N2/c8-4-1-5(9)7-3(6(4)10)2-11-12-7/h1-2H,(H,11,12). The zero-order chi connectivity index (χ0) is 8.72. The van der Waals surface area contributed by atoms with Crippen LogP contribution < -0.4 is 0 Å². The summed E-state index contributed by atoms with van der Waals surface area (Å²) in [5.41, 5.74) is 0.0932. The lowest BCUT2D eigenvalue weighted by molar-refractivity contribution is 0.611. The molecule has 1 heterocycles. The van der Waals surface area contributed by atoms with Gasteiger partial charge in [0, 0.05) is 0 Å². The van der Waals surface area contributed by atoms with Crippen molar-refractivity contribution in [2.75, 3.05) is 0 Å². The largest absolute Gasteiger partial charge is 0.275 e. The molecule has 0 bridgehead atoms. The first-order valence-corrected chi connectivity index (χ1v) is 3.96. The molecular weight excluding hydrogens is 230 g/mol. The van der Waals surface area contributed by atoms with Crippen LogP contribution in [0.3, 0.4) is 0 Å². The summed E-state index contributed by atoms with van der Waals surface area (Å²) in [6, 6.07) is 1.07. The second-order valence-corrected chi connectivity index (χ2v) is 3.17. The fraction of sp³-hybridized carbons (Fsp3) is 0. The highest BCUT2D eigenvalue weighted by atomic mass is 79.9. The summed E-state index contributed by atoms with van der Waals surface area (Å²) in [5.74, 6) is -1.02. The van der Waals surface area contributed by atoms with Gasteiger partial charge in [-0.15, -0.1) is 0 Å². The number of benzene rings is 1. The number of fused-ring (bicyclic) bond motifs is 1. The molecule has 12 heavy (non-hydrogen) atoms. The van der Waals surface area contributed by atoms with Gasteiger partial charge in [0.25, 0.3) is 0 Å². The number of aromatic amines is 1. The normalized spacial score (nSPS) is 10.9. The molecule has 2 rings (SSSR count). The van der Waals surface area contributed by atoms with Crippen LogP contribution in [-0.4, -0.2) is 10.2 Å². The monoisotopic (exact) mass is 232 g/mol. The summed E-state index contributed by atoms with van der Waals surface area (Å²) in [6.45, 7) is 0. The number of aromatic nitrogens is 2. The molecule has 2 nitrogen and oxygen atoms in total. The van der Waals surface area contributed by atoms with Crippen molar-refractivity contribution in [3.63, 3.8) is 0 Å². The van der Waals surface area contributed by atoms with Gasteiger partial charge in [-0.3, -0.25) is 5.10 Å². The number of nitrogens with zero attached hydrogens (tertiary/aromatic N) is 1. The zero-order valence-corrected chi connectivity index (χ0v) is 7.32. The van der Waals surface area contributed by atoms with Gasteiger partial charge in [0.2, 0.25) is 0 Å². The molecule has 1 N–H and O–H groups in total. The molecule has 0 aliphatic rings. The molecular formula is C7H3BrF2N2. The van der Waals surface area contributed by atoms with Gasteiger partial charge < -0.3 is 0 Å². The number of nitrogens with one attached hydrogen (secondary N) is 1. The van der Waals surface area contributed by atoms with E-state index in [-0.39, 0.29) is 15.4 Å². The smallest absolute Gasteiger partial charge is 0.150 e. The van der Waals surface area contributed by atoms with E-state index in [4.69, 9.17) is 0 Å². The van der Waals surface area contributed by atoms with E-state index < -0.39 is 11.6 Å². The third-order valence-corrected chi connectivity index (χ3v) is 2.15. The van der Waals surface area contributed by atoms with Crippen molar-refractivity contribution in [2.24, 2.45) is 0 Å². The minimum Gasteiger partial charge on any atom is -0.275 e. The lowest BCUT2D eigenvalue weighted by Gasteiger charge is -1.96. The first-order chi connectivity index (χ1) is 5.70. The lowest BCUT2D eigenvalue weighted by Crippen LogP contribution is -1.84. The van der Waals surface area contributed by atoms with Gasteiger partial charge in [0.05, 0.1) is 16.1 Å². The van der Waals surface area contributed by atoms with Crippen molar-refractivity contribution in [3.05, 3.63) is 28.4 Å². The highest BCUT2D eigenvalue weighted by molar-refractivity contribution is 9.10.